The molecule has 1 amide bonds. The molecule has 0 radical (unpaired) electrons. The number of carbonyl (C=O) groups excluding carboxylic acids is 1. The summed E-state index contributed by atoms with van der Waals surface area (Å²) in [6.07, 6.45) is 0.644. The van der Waals surface area contributed by atoms with Crippen LogP contribution in [0.2, 0.25) is 0 Å². The summed E-state index contributed by atoms with van der Waals surface area (Å²) in [5.41, 5.74) is 3.91. The Morgan fingerprint density at radius 3 is 2.73 bits per heavy atom. The average molecular weight is 410 g/mol. The maximum atomic E-state index is 12.7. The van der Waals surface area contributed by atoms with Crippen LogP contribution in [0.25, 0.3) is 11.0 Å². The summed E-state index contributed by atoms with van der Waals surface area (Å²) in [6.45, 7) is 5.38. The number of carbonyl (C=O) groups is 1. The van der Waals surface area contributed by atoms with Crippen molar-refractivity contribution in [3.63, 3.8) is 0 Å². The van der Waals surface area contributed by atoms with E-state index in [1.54, 1.807) is 23.7 Å². The number of nitrogens with one attached hydrogen (secondary N) is 1. The summed E-state index contributed by atoms with van der Waals surface area (Å²) in [5, 5.41) is 5.33. The lowest BCUT2D eigenvalue weighted by molar-refractivity contribution is -0.130. The van der Waals surface area contributed by atoms with E-state index < -0.39 is 0 Å². The van der Waals surface area contributed by atoms with Gasteiger partial charge in [0.1, 0.15) is 18.9 Å². The van der Waals surface area contributed by atoms with Gasteiger partial charge in [-0.2, -0.15) is 5.10 Å². The first-order valence-corrected chi connectivity index (χ1v) is 10.0. The first-order valence-electron chi connectivity index (χ1n) is 10.0. The van der Waals surface area contributed by atoms with Gasteiger partial charge in [0.25, 0.3) is 5.56 Å². The number of nitrogens with zero attached hydrogens (tertiary/aromatic N) is 3. The predicted octanol–water partition coefficient (Wildman–Crippen LogP) is 2.24. The highest BCUT2D eigenvalue weighted by Gasteiger charge is 2.18. The molecule has 4 rings (SSSR count). The van der Waals surface area contributed by atoms with Crippen LogP contribution in [-0.2, 0) is 24.8 Å². The topological polar surface area (TPSA) is 89.5 Å². The molecule has 3 heterocycles. The Morgan fingerprint density at radius 1 is 1.23 bits per heavy atom. The third kappa shape index (κ3) is 3.65. The molecule has 30 heavy (non-hydrogen) atoms. The van der Waals surface area contributed by atoms with E-state index in [4.69, 9.17) is 9.47 Å². The highest BCUT2D eigenvalue weighted by molar-refractivity contribution is 5.83. The number of hydrogen-bond donors (Lipinski definition) is 1. The van der Waals surface area contributed by atoms with Crippen LogP contribution >= 0.6 is 0 Å². The molecule has 0 spiro atoms. The quantitative estimate of drug-likeness (QED) is 0.697. The second kappa shape index (κ2) is 7.85. The Labute approximate surface area is 174 Å². The number of aromatic amines is 1. The number of aryl methyl sites for hydroxylation is 3. The van der Waals surface area contributed by atoms with Gasteiger partial charge in [0.15, 0.2) is 11.5 Å². The Bertz CT molecular complexity index is 1180. The molecular formula is C22H26N4O4. The fourth-order valence-electron chi connectivity index (χ4n) is 4.03. The van der Waals surface area contributed by atoms with Crippen molar-refractivity contribution in [2.75, 3.05) is 20.3 Å². The Balaban J connectivity index is 1.46. The largest absolute Gasteiger partial charge is 0.486 e. The normalized spacial score (nSPS) is 12.9. The van der Waals surface area contributed by atoms with E-state index in [1.807, 2.05) is 32.0 Å². The molecule has 0 bridgehead atoms. The van der Waals surface area contributed by atoms with Gasteiger partial charge in [-0.1, -0.05) is 6.07 Å². The van der Waals surface area contributed by atoms with Crippen LogP contribution in [0.4, 0.5) is 0 Å². The zero-order valence-corrected chi connectivity index (χ0v) is 17.7. The van der Waals surface area contributed by atoms with Crippen molar-refractivity contribution < 1.29 is 14.3 Å². The number of ether oxygens (including phenoxy) is 2. The zero-order valence-electron chi connectivity index (χ0n) is 17.7. The predicted molar refractivity (Wildman–Crippen MR) is 113 cm³/mol. The number of fused-ring (bicyclic) bond motifs is 2. The monoisotopic (exact) mass is 410 g/mol. The van der Waals surface area contributed by atoms with Gasteiger partial charge in [-0.15, -0.1) is 0 Å². The van der Waals surface area contributed by atoms with Gasteiger partial charge in [0.05, 0.1) is 5.69 Å². The van der Waals surface area contributed by atoms with E-state index in [0.717, 1.165) is 28.0 Å². The number of amides is 1. The van der Waals surface area contributed by atoms with Crippen molar-refractivity contribution in [1.82, 2.24) is 19.7 Å². The van der Waals surface area contributed by atoms with Crippen molar-refractivity contribution in [2.24, 2.45) is 7.05 Å². The number of aromatic nitrogens is 3. The fraction of sp³-hybridized carbons (Fsp3) is 0.409. The van der Waals surface area contributed by atoms with Crippen molar-refractivity contribution in [1.29, 1.82) is 0 Å². The van der Waals surface area contributed by atoms with Gasteiger partial charge < -0.3 is 19.4 Å². The van der Waals surface area contributed by atoms with Gasteiger partial charge in [-0.3, -0.25) is 14.3 Å². The first-order chi connectivity index (χ1) is 14.3. The molecule has 0 aliphatic carbocycles. The third-order valence-electron chi connectivity index (χ3n) is 5.60. The molecule has 1 aliphatic heterocycles. The van der Waals surface area contributed by atoms with Crippen molar-refractivity contribution in [2.45, 2.75) is 33.2 Å². The summed E-state index contributed by atoms with van der Waals surface area (Å²) < 4.78 is 12.8. The Kier molecular flexibility index (Phi) is 5.24. The zero-order chi connectivity index (χ0) is 21.4. The maximum Gasteiger partial charge on any atom is 0.253 e. The van der Waals surface area contributed by atoms with Gasteiger partial charge in [0.2, 0.25) is 5.91 Å². The maximum absolute atomic E-state index is 12.7. The van der Waals surface area contributed by atoms with E-state index in [2.05, 4.69) is 10.1 Å². The Morgan fingerprint density at radius 2 is 1.97 bits per heavy atom. The van der Waals surface area contributed by atoms with E-state index in [-0.39, 0.29) is 17.9 Å². The summed E-state index contributed by atoms with van der Waals surface area (Å²) in [4.78, 5) is 29.9. The second-order valence-electron chi connectivity index (χ2n) is 7.72. The second-order valence-corrected chi connectivity index (χ2v) is 7.72. The van der Waals surface area contributed by atoms with E-state index >= 15 is 0 Å². The minimum atomic E-state index is -0.162. The van der Waals surface area contributed by atoms with Crippen LogP contribution in [0.15, 0.2) is 23.0 Å². The summed E-state index contributed by atoms with van der Waals surface area (Å²) >= 11 is 0. The van der Waals surface area contributed by atoms with E-state index in [0.29, 0.717) is 43.1 Å². The molecule has 0 atom stereocenters. The van der Waals surface area contributed by atoms with Gasteiger partial charge in [0, 0.05) is 38.0 Å². The van der Waals surface area contributed by atoms with Gasteiger partial charge >= 0.3 is 0 Å². The number of H-pyrrole nitrogens is 1. The van der Waals surface area contributed by atoms with Crippen LogP contribution in [0, 0.1) is 13.8 Å². The lowest BCUT2D eigenvalue weighted by atomic mass is 10.0. The lowest BCUT2D eigenvalue weighted by Gasteiger charge is -2.21. The van der Waals surface area contributed by atoms with Crippen molar-refractivity contribution in [3.05, 3.63) is 50.9 Å². The molecule has 2 aromatic heterocycles. The highest BCUT2D eigenvalue weighted by Crippen LogP contribution is 2.31. The van der Waals surface area contributed by atoms with Crippen LogP contribution in [0.3, 0.4) is 0 Å². The molecule has 1 aromatic carbocycles. The van der Waals surface area contributed by atoms with Crippen LogP contribution in [0.5, 0.6) is 11.5 Å². The fourth-order valence-corrected chi connectivity index (χ4v) is 4.03. The number of rotatable bonds is 5. The lowest BCUT2D eigenvalue weighted by Crippen LogP contribution is -2.27. The molecule has 0 fully saturated rings. The highest BCUT2D eigenvalue weighted by atomic mass is 16.6. The molecule has 158 valence electrons. The molecule has 3 aromatic rings. The minimum absolute atomic E-state index is 0.0216. The van der Waals surface area contributed by atoms with Crippen LogP contribution in [-0.4, -0.2) is 45.8 Å². The smallest absolute Gasteiger partial charge is 0.253 e. The molecular weight excluding hydrogens is 384 g/mol. The SMILES string of the molecule is Cc1nn(C)c2[nH]c(=O)c(CCC(=O)N(C)Cc3ccc4c(c3)OCCO4)c(C)c12. The van der Waals surface area contributed by atoms with Gasteiger partial charge in [-0.25, -0.2) is 0 Å². The van der Waals surface area contributed by atoms with Crippen LogP contribution in [0.1, 0.15) is 28.8 Å². The van der Waals surface area contributed by atoms with Crippen LogP contribution < -0.4 is 15.0 Å². The minimum Gasteiger partial charge on any atom is -0.486 e. The average Bonchev–Trinajstić information content (AvgIpc) is 3.00. The molecule has 1 N–H and O–H groups in total. The molecule has 1 aliphatic rings. The first kappa shape index (κ1) is 20.0. The standard InChI is InChI=1S/C22H26N4O4/c1-13-16(22(28)23-21-20(13)14(2)24-26(21)4)6-8-19(27)25(3)12-15-5-7-17-18(11-15)30-10-9-29-17/h5,7,11H,6,8-10,12H2,1-4H3,(H,23,28). The molecule has 0 saturated heterocycles. The van der Waals surface area contributed by atoms with Crippen molar-refractivity contribution >= 4 is 16.9 Å². The molecule has 0 saturated carbocycles. The molecule has 0 unspecified atom stereocenters. The van der Waals surface area contributed by atoms with E-state index in [1.165, 1.54) is 0 Å². The number of hydrogen-bond acceptors (Lipinski definition) is 5. The third-order valence-corrected chi connectivity index (χ3v) is 5.60. The molecule has 8 nitrogen and oxygen atoms in total. The molecule has 8 heteroatoms. The summed E-state index contributed by atoms with van der Waals surface area (Å²) in [7, 11) is 3.57. The van der Waals surface area contributed by atoms with Gasteiger partial charge in [-0.05, 0) is 43.5 Å². The summed E-state index contributed by atoms with van der Waals surface area (Å²) in [5.74, 6) is 1.42. The number of pyridine rings is 1. The van der Waals surface area contributed by atoms with E-state index in [9.17, 15) is 9.59 Å². The number of benzene rings is 1. The summed E-state index contributed by atoms with van der Waals surface area (Å²) in [6, 6.07) is 5.72. The Hall–Kier alpha value is -3.29. The van der Waals surface area contributed by atoms with Crippen molar-refractivity contribution in [3.8, 4) is 11.5 Å².